The number of aromatic nitrogens is 4. The summed E-state index contributed by atoms with van der Waals surface area (Å²) in [5.74, 6) is 0.872. The van der Waals surface area contributed by atoms with E-state index >= 15 is 0 Å². The Morgan fingerprint density at radius 3 is 2.09 bits per heavy atom. The highest BCUT2D eigenvalue weighted by atomic mass is 16.2. The van der Waals surface area contributed by atoms with Crippen LogP contribution in [0.25, 0.3) is 4.85 Å². The smallest absolute Gasteiger partial charge is 0.301 e. The van der Waals surface area contributed by atoms with Crippen molar-refractivity contribution in [1.82, 2.24) is 40.2 Å². The summed E-state index contributed by atoms with van der Waals surface area (Å²) in [6.45, 7) is 9.75. The van der Waals surface area contributed by atoms with Gasteiger partial charge in [0.1, 0.15) is 0 Å². The van der Waals surface area contributed by atoms with Crippen LogP contribution in [0.1, 0.15) is 75.0 Å². The Bertz CT molecular complexity index is 1670. The summed E-state index contributed by atoms with van der Waals surface area (Å²) < 4.78 is 1.69. The number of hydrogen-bond donors (Lipinski definition) is 1. The van der Waals surface area contributed by atoms with E-state index in [4.69, 9.17) is 6.57 Å². The molecule has 46 heavy (non-hydrogen) atoms. The zero-order valence-electron chi connectivity index (χ0n) is 27.3. The van der Waals surface area contributed by atoms with Crippen molar-refractivity contribution in [2.45, 2.75) is 62.7 Å². The number of nitrogens with zero attached hydrogens (tertiary/aromatic N) is 8. The maximum atomic E-state index is 13.4. The first-order valence-corrected chi connectivity index (χ1v) is 15.8. The Morgan fingerprint density at radius 1 is 1.00 bits per heavy atom. The van der Waals surface area contributed by atoms with Crippen molar-refractivity contribution in [2.24, 2.45) is 13.0 Å². The molecular weight excluding hydrogens is 582 g/mol. The van der Waals surface area contributed by atoms with Gasteiger partial charge in [0.2, 0.25) is 5.91 Å². The number of nitrogens with one attached hydrogen (secondary N) is 1. The van der Waals surface area contributed by atoms with Gasteiger partial charge in [-0.2, -0.15) is 0 Å². The van der Waals surface area contributed by atoms with Crippen LogP contribution in [0.4, 0.5) is 0 Å². The number of piperidine rings is 1. The molecular formula is C34H41N9O3. The molecule has 3 amide bonds. The molecule has 3 aliphatic rings. The monoisotopic (exact) mass is 623 g/mol. The number of rotatable bonds is 8. The molecule has 0 unspecified atom stereocenters. The van der Waals surface area contributed by atoms with Gasteiger partial charge in [0.25, 0.3) is 11.8 Å². The molecule has 1 saturated heterocycles. The molecule has 2 heterocycles. The third-order valence-corrected chi connectivity index (χ3v) is 9.83. The van der Waals surface area contributed by atoms with Crippen LogP contribution in [0.5, 0.6) is 0 Å². The van der Waals surface area contributed by atoms with E-state index < -0.39 is 5.41 Å². The van der Waals surface area contributed by atoms with Crippen LogP contribution in [0, 0.1) is 12.5 Å². The maximum Gasteiger partial charge on any atom is 0.301 e. The third kappa shape index (κ3) is 5.32. The minimum absolute atomic E-state index is 0.0485. The van der Waals surface area contributed by atoms with Crippen molar-refractivity contribution in [3.05, 3.63) is 87.0 Å². The fourth-order valence-electron chi connectivity index (χ4n) is 7.56. The van der Waals surface area contributed by atoms with Crippen molar-refractivity contribution in [2.75, 3.05) is 34.7 Å². The van der Waals surface area contributed by atoms with Gasteiger partial charge in [-0.05, 0) is 95.5 Å². The zero-order valence-corrected chi connectivity index (χ0v) is 27.3. The first-order chi connectivity index (χ1) is 22.0. The van der Waals surface area contributed by atoms with Gasteiger partial charge in [-0.15, -0.1) is 5.10 Å². The molecule has 1 aliphatic heterocycles. The first kappa shape index (κ1) is 31.4. The number of carbonyl (C=O) groups is 3. The second-order valence-corrected chi connectivity index (χ2v) is 13.4. The lowest BCUT2D eigenvalue weighted by atomic mass is 9.67. The highest BCUT2D eigenvalue weighted by Gasteiger charge is 2.57. The summed E-state index contributed by atoms with van der Waals surface area (Å²) in [7, 11) is 8.78. The molecule has 3 aromatic rings. The lowest BCUT2D eigenvalue weighted by Gasteiger charge is -2.37. The molecule has 2 fully saturated rings. The quantitative estimate of drug-likeness (QED) is 0.383. The largest absolute Gasteiger partial charge is 0.345 e. The molecule has 6 rings (SSSR count). The standard InChI is InChI=1S/C34H41N9O3/c1-20(36-19-30(44)43-28-16-25(28)17-29(43)35-2)18-34(33-37-38-39-42(33)7)26-12-10-23(31(45)40(3)4)14-21(26)8-9-22-15-24(11-13-27(22)34)32(46)41(5)6/h10-15,20,25,28-29,36H,8-9,16-19H2,1,3-7H3/t20-,25-,28-,29-/m0/s1. The van der Waals surface area contributed by atoms with E-state index in [1.54, 1.807) is 47.6 Å². The van der Waals surface area contributed by atoms with Gasteiger partial charge in [0, 0.05) is 64.9 Å². The van der Waals surface area contributed by atoms with E-state index in [0.717, 1.165) is 35.1 Å². The number of fused-ring (bicyclic) bond motifs is 3. The number of amides is 3. The van der Waals surface area contributed by atoms with Crippen LogP contribution in [-0.4, -0.2) is 106 Å². The van der Waals surface area contributed by atoms with Crippen LogP contribution < -0.4 is 5.32 Å². The van der Waals surface area contributed by atoms with E-state index in [1.807, 2.05) is 50.4 Å². The Labute approximate surface area is 269 Å². The molecule has 0 spiro atoms. The van der Waals surface area contributed by atoms with Crippen LogP contribution in [0.3, 0.4) is 0 Å². The molecule has 2 aromatic carbocycles. The number of likely N-dealkylation sites (tertiary alicyclic amines) is 1. The van der Waals surface area contributed by atoms with E-state index in [0.29, 0.717) is 42.1 Å². The Balaban J connectivity index is 1.44. The lowest BCUT2D eigenvalue weighted by Crippen LogP contribution is -2.46. The maximum absolute atomic E-state index is 13.4. The van der Waals surface area contributed by atoms with Crippen LogP contribution in [0.15, 0.2) is 36.4 Å². The Kier molecular flexibility index (Phi) is 8.14. The number of carbonyl (C=O) groups excluding carboxylic acids is 3. The molecule has 12 heteroatoms. The summed E-state index contributed by atoms with van der Waals surface area (Å²) in [5, 5.41) is 16.4. The Hall–Kier alpha value is -4.63. The minimum Gasteiger partial charge on any atom is -0.345 e. The van der Waals surface area contributed by atoms with Crippen molar-refractivity contribution in [3.63, 3.8) is 0 Å². The molecule has 4 atom stereocenters. The van der Waals surface area contributed by atoms with Crippen molar-refractivity contribution < 1.29 is 14.4 Å². The molecule has 1 aromatic heterocycles. The number of tetrazole rings is 1. The summed E-state index contributed by atoms with van der Waals surface area (Å²) in [4.78, 5) is 48.1. The highest BCUT2D eigenvalue weighted by Crippen LogP contribution is 2.49. The molecule has 12 nitrogen and oxygen atoms in total. The zero-order chi connectivity index (χ0) is 32.9. The van der Waals surface area contributed by atoms with Gasteiger partial charge in [-0.3, -0.25) is 24.1 Å². The summed E-state index contributed by atoms with van der Waals surface area (Å²) in [6.07, 6.45) is 3.18. The number of aryl methyl sites for hydroxylation is 3. The van der Waals surface area contributed by atoms with Crippen LogP contribution in [-0.2, 0) is 30.1 Å². The highest BCUT2D eigenvalue weighted by molar-refractivity contribution is 5.95. The third-order valence-electron chi connectivity index (χ3n) is 9.83. The van der Waals surface area contributed by atoms with Gasteiger partial charge in [-0.25, -0.2) is 11.3 Å². The van der Waals surface area contributed by atoms with Crippen molar-refractivity contribution >= 4 is 17.7 Å². The summed E-state index contributed by atoms with van der Waals surface area (Å²) in [5.41, 5.74) is 4.30. The summed E-state index contributed by atoms with van der Waals surface area (Å²) >= 11 is 0. The minimum atomic E-state index is -0.872. The van der Waals surface area contributed by atoms with E-state index in [1.165, 1.54) is 0 Å². The van der Waals surface area contributed by atoms with Gasteiger partial charge < -0.3 is 15.1 Å². The normalized spacial score (nSPS) is 21.2. The van der Waals surface area contributed by atoms with Gasteiger partial charge in [0.15, 0.2) is 5.82 Å². The van der Waals surface area contributed by atoms with E-state index in [2.05, 4.69) is 25.7 Å². The Morgan fingerprint density at radius 2 is 1.59 bits per heavy atom. The van der Waals surface area contributed by atoms with Gasteiger partial charge in [-0.1, -0.05) is 12.1 Å². The van der Waals surface area contributed by atoms with Gasteiger partial charge in [0.05, 0.1) is 12.0 Å². The molecule has 240 valence electrons. The van der Waals surface area contributed by atoms with E-state index in [9.17, 15) is 14.4 Å². The number of benzene rings is 2. The molecule has 1 N–H and O–H groups in total. The molecule has 2 aliphatic carbocycles. The average molecular weight is 624 g/mol. The fourth-order valence-corrected chi connectivity index (χ4v) is 7.56. The lowest BCUT2D eigenvalue weighted by molar-refractivity contribution is -0.131. The molecule has 0 radical (unpaired) electrons. The second kappa shape index (κ2) is 11.9. The van der Waals surface area contributed by atoms with Gasteiger partial charge >= 0.3 is 6.17 Å². The summed E-state index contributed by atoms with van der Waals surface area (Å²) in [6, 6.07) is 11.7. The predicted octanol–water partition coefficient (Wildman–Crippen LogP) is 2.28. The first-order valence-electron chi connectivity index (χ1n) is 15.8. The molecule has 0 bridgehead atoms. The molecule has 1 saturated carbocycles. The van der Waals surface area contributed by atoms with E-state index in [-0.39, 0.29) is 42.5 Å². The topological polar surface area (TPSA) is 121 Å². The van der Waals surface area contributed by atoms with Crippen LogP contribution >= 0.6 is 0 Å². The second-order valence-electron chi connectivity index (χ2n) is 13.4. The van der Waals surface area contributed by atoms with Crippen molar-refractivity contribution in [1.29, 1.82) is 0 Å². The average Bonchev–Trinajstić information content (AvgIpc) is 3.53. The van der Waals surface area contributed by atoms with Crippen molar-refractivity contribution in [3.8, 4) is 0 Å². The van der Waals surface area contributed by atoms with Crippen LogP contribution in [0.2, 0.25) is 0 Å². The number of hydrogen-bond acceptors (Lipinski definition) is 7. The fraction of sp³-hybridized carbons (Fsp3) is 0.500. The SMILES string of the molecule is [C-]#[N+][C@@H]1C[C@@H]2C[C@@H]2N1C(=O)CN[C@@H](C)CC1(c2nnnn2C)c2ccc(C(=O)N(C)C)cc2CCc2cc(C(=O)N(C)C)ccc21. The predicted molar refractivity (Wildman–Crippen MR) is 171 cm³/mol.